The smallest absolute Gasteiger partial charge is 0.291 e. The minimum atomic E-state index is -0.994. The first-order valence-electron chi connectivity index (χ1n) is 22.3. The number of benzene rings is 4. The van der Waals surface area contributed by atoms with Gasteiger partial charge in [0, 0.05) is 50.1 Å². The lowest BCUT2D eigenvalue weighted by molar-refractivity contribution is -0.120. The number of aromatic nitrogens is 6. The fourth-order valence-electron chi connectivity index (χ4n) is 7.92. The Morgan fingerprint density at radius 2 is 1.03 bits per heavy atom. The van der Waals surface area contributed by atoms with Gasteiger partial charge in [-0.05, 0) is 61.4 Å². The fraction of sp³-hybridized carbons (Fsp3) is 0.280. The van der Waals surface area contributed by atoms with Gasteiger partial charge in [0.2, 0.25) is 11.6 Å². The van der Waals surface area contributed by atoms with Crippen LogP contribution in [0.25, 0.3) is 0 Å². The molecule has 3 aliphatic heterocycles. The molecule has 4 amide bonds. The van der Waals surface area contributed by atoms with E-state index in [2.05, 4.69) is 85.1 Å². The number of carbonyl (C=O) groups is 4. The Bertz CT molecular complexity index is 2740. The molecule has 4 aromatic carbocycles. The number of fused-ring (bicyclic) bond motifs is 2. The first kappa shape index (κ1) is 44.9. The van der Waals surface area contributed by atoms with Crippen molar-refractivity contribution in [2.24, 2.45) is 0 Å². The molecule has 0 spiro atoms. The number of rotatable bonds is 10. The Labute approximate surface area is 392 Å². The molecule has 6 N–H and O–H groups in total. The predicted octanol–water partition coefficient (Wildman–Crippen LogP) is 3.16. The molecule has 0 saturated carbocycles. The van der Waals surface area contributed by atoms with Gasteiger partial charge in [-0.1, -0.05) is 84.3 Å². The van der Waals surface area contributed by atoms with Crippen molar-refractivity contribution in [1.29, 1.82) is 0 Å². The highest BCUT2D eigenvalue weighted by Crippen LogP contribution is 2.31. The highest BCUT2D eigenvalue weighted by Gasteiger charge is 2.35. The van der Waals surface area contributed by atoms with Gasteiger partial charge in [-0.15, -0.1) is 10.2 Å². The average Bonchev–Trinajstić information content (AvgIpc) is 3.98. The molecule has 5 heterocycles. The van der Waals surface area contributed by atoms with E-state index < -0.39 is 47.9 Å². The molecule has 0 aliphatic carbocycles. The van der Waals surface area contributed by atoms with Crippen LogP contribution in [0, 0.1) is 23.7 Å². The molecular formula is C50H48N12O6. The predicted molar refractivity (Wildman–Crippen MR) is 251 cm³/mol. The van der Waals surface area contributed by atoms with Crippen LogP contribution in [0.4, 0.5) is 11.4 Å². The van der Waals surface area contributed by atoms with Crippen molar-refractivity contribution in [1.82, 2.24) is 50.8 Å². The zero-order chi connectivity index (χ0) is 47.0. The largest absolute Gasteiger partial charge is 0.486 e. The standard InChI is InChI=1S/C50H48N12O6/c1-31-43(55-49(65)45-53-41(57-59-45)29-33-11-5-3-6-12-33)47(63)51-37-27-35(17-19-39(37)67-31)15-9-21-61-23-25-62(26-24-61)22-10-16-36-18-20-40-38(28-36)52-48(64)44(32(2)68-40)56-50(66)46-54-42(58-60-46)30-34-13-7-4-8-14-34/h3-8,11-14,17-20,27-28,31-32,43-44H,21-26,29-30H2,1-2H3,(H,51,63)(H,52,64)(H,55,65)(H,56,66)(H,53,57,59)(H,54,58,60)/t31-,32-,43+,44+/m1/s1. The molecule has 18 heteroatoms. The van der Waals surface area contributed by atoms with Gasteiger partial charge in [0.15, 0.2) is 0 Å². The molecule has 68 heavy (non-hydrogen) atoms. The topological polar surface area (TPSA) is 224 Å². The minimum Gasteiger partial charge on any atom is -0.486 e. The minimum absolute atomic E-state index is 0.0633. The van der Waals surface area contributed by atoms with E-state index in [0.717, 1.165) is 37.3 Å². The number of aromatic amines is 2. The van der Waals surface area contributed by atoms with Crippen LogP contribution in [0.3, 0.4) is 0 Å². The van der Waals surface area contributed by atoms with Gasteiger partial charge in [0.05, 0.1) is 24.5 Å². The van der Waals surface area contributed by atoms with E-state index in [9.17, 15) is 19.2 Å². The van der Waals surface area contributed by atoms with Crippen molar-refractivity contribution in [3.05, 3.63) is 143 Å². The fourth-order valence-corrected chi connectivity index (χ4v) is 7.92. The summed E-state index contributed by atoms with van der Waals surface area (Å²) in [5.74, 6) is 12.8. The Morgan fingerprint density at radius 3 is 1.44 bits per heavy atom. The summed E-state index contributed by atoms with van der Waals surface area (Å²) in [6.45, 7) is 7.86. The molecule has 3 aliphatic rings. The summed E-state index contributed by atoms with van der Waals surface area (Å²) in [6.07, 6.45) is -0.384. The summed E-state index contributed by atoms with van der Waals surface area (Å²) >= 11 is 0. The van der Waals surface area contributed by atoms with Crippen LogP contribution in [0.15, 0.2) is 97.1 Å². The van der Waals surface area contributed by atoms with Crippen LogP contribution >= 0.6 is 0 Å². The van der Waals surface area contributed by atoms with Gasteiger partial charge < -0.3 is 30.7 Å². The summed E-state index contributed by atoms with van der Waals surface area (Å²) in [5.41, 5.74) is 4.40. The molecule has 6 aromatic rings. The average molecular weight is 913 g/mol. The second-order valence-corrected chi connectivity index (χ2v) is 16.6. The molecular weight excluding hydrogens is 865 g/mol. The number of hydrogen-bond acceptors (Lipinski definition) is 12. The highest BCUT2D eigenvalue weighted by molar-refractivity contribution is 6.02. The second kappa shape index (κ2) is 20.5. The second-order valence-electron chi connectivity index (χ2n) is 16.6. The van der Waals surface area contributed by atoms with E-state index in [1.165, 1.54) is 0 Å². The third kappa shape index (κ3) is 11.0. The Morgan fingerprint density at radius 1 is 0.618 bits per heavy atom. The summed E-state index contributed by atoms with van der Waals surface area (Å²) < 4.78 is 12.2. The van der Waals surface area contributed by atoms with Crippen LogP contribution < -0.4 is 30.7 Å². The van der Waals surface area contributed by atoms with Crippen molar-refractivity contribution in [3.63, 3.8) is 0 Å². The van der Waals surface area contributed by atoms with Crippen LogP contribution in [0.5, 0.6) is 11.5 Å². The lowest BCUT2D eigenvalue weighted by Crippen LogP contribution is -2.51. The number of nitrogens with zero attached hydrogens (tertiary/aromatic N) is 6. The van der Waals surface area contributed by atoms with E-state index in [1.807, 2.05) is 72.8 Å². The van der Waals surface area contributed by atoms with Crippen molar-refractivity contribution in [2.45, 2.75) is 51.0 Å². The molecule has 1 fully saturated rings. The molecule has 18 nitrogen and oxygen atoms in total. The number of hydrogen-bond donors (Lipinski definition) is 6. The van der Waals surface area contributed by atoms with Crippen LogP contribution in [-0.4, -0.2) is 127 Å². The maximum absolute atomic E-state index is 13.3. The first-order valence-corrected chi connectivity index (χ1v) is 22.3. The van der Waals surface area contributed by atoms with Crippen molar-refractivity contribution >= 4 is 35.0 Å². The van der Waals surface area contributed by atoms with E-state index in [1.54, 1.807) is 38.1 Å². The van der Waals surface area contributed by atoms with Crippen molar-refractivity contribution in [3.8, 4) is 35.2 Å². The number of ether oxygens (including phenoxy) is 2. The van der Waals surface area contributed by atoms with Gasteiger partial charge in [-0.3, -0.25) is 39.2 Å². The maximum atomic E-state index is 13.3. The molecule has 4 atom stereocenters. The zero-order valence-electron chi connectivity index (χ0n) is 37.3. The van der Waals surface area contributed by atoms with E-state index >= 15 is 0 Å². The third-order valence-corrected chi connectivity index (χ3v) is 11.6. The number of nitrogens with one attached hydrogen (secondary N) is 6. The van der Waals surface area contributed by atoms with E-state index in [0.29, 0.717) is 71.6 Å². The lowest BCUT2D eigenvalue weighted by atomic mass is 10.1. The molecule has 0 bridgehead atoms. The summed E-state index contributed by atoms with van der Waals surface area (Å²) in [7, 11) is 0. The summed E-state index contributed by atoms with van der Waals surface area (Å²) in [4.78, 5) is 66.0. The van der Waals surface area contributed by atoms with Crippen LogP contribution in [-0.2, 0) is 22.4 Å². The molecule has 1 saturated heterocycles. The highest BCUT2D eigenvalue weighted by atomic mass is 16.5. The number of piperazine rings is 1. The Hall–Kier alpha value is -8.32. The van der Waals surface area contributed by atoms with Gasteiger partial charge in [-0.2, -0.15) is 0 Å². The monoisotopic (exact) mass is 912 g/mol. The van der Waals surface area contributed by atoms with Gasteiger partial charge in [-0.25, -0.2) is 9.97 Å². The Balaban J connectivity index is 0.719. The van der Waals surface area contributed by atoms with Crippen LogP contribution in [0.1, 0.15) is 69.0 Å². The summed E-state index contributed by atoms with van der Waals surface area (Å²) in [5, 5.41) is 24.9. The van der Waals surface area contributed by atoms with Gasteiger partial charge >= 0.3 is 0 Å². The molecule has 2 aromatic heterocycles. The SMILES string of the molecule is C[C@H]1Oc2ccc(C#CCN3CCN(CC#Cc4ccc5c(c4)NC(=O)[C@@H](NC(=O)c4n[nH]c(Cc6ccccc6)n4)[C@@H](C)O5)CC3)cc2NC(=O)[C@H]1NC(=O)c1n[nH]c(Cc2ccccc2)n1. The normalized spacial score (nSPS) is 19.0. The number of H-pyrrole nitrogens is 2. The molecule has 9 rings (SSSR count). The van der Waals surface area contributed by atoms with Gasteiger partial charge in [0.25, 0.3) is 23.6 Å². The van der Waals surface area contributed by atoms with Crippen molar-refractivity contribution < 1.29 is 28.7 Å². The van der Waals surface area contributed by atoms with Crippen molar-refractivity contribution in [2.75, 3.05) is 49.9 Å². The molecule has 344 valence electrons. The molecule has 0 unspecified atom stereocenters. The number of anilines is 2. The third-order valence-electron chi connectivity index (χ3n) is 11.6. The maximum Gasteiger partial charge on any atom is 0.291 e. The van der Waals surface area contributed by atoms with Crippen LogP contribution in [0.2, 0.25) is 0 Å². The van der Waals surface area contributed by atoms with Gasteiger partial charge in [0.1, 0.15) is 47.4 Å². The molecule has 0 radical (unpaired) electrons. The lowest BCUT2D eigenvalue weighted by Gasteiger charge is -2.32. The zero-order valence-corrected chi connectivity index (χ0v) is 37.3. The van der Waals surface area contributed by atoms with E-state index in [-0.39, 0.29) is 11.6 Å². The van der Waals surface area contributed by atoms with E-state index in [4.69, 9.17) is 9.47 Å². The summed E-state index contributed by atoms with van der Waals surface area (Å²) in [6, 6.07) is 28.2. The first-order chi connectivity index (χ1) is 33.1. The quantitative estimate of drug-likeness (QED) is 0.109. The number of amides is 4. The Kier molecular flexibility index (Phi) is 13.5. The number of carbonyl (C=O) groups excluding carboxylic acids is 4.